The highest BCUT2D eigenvalue weighted by molar-refractivity contribution is 7.18. The molecule has 1 N–H and O–H groups in total. The third-order valence-electron chi connectivity index (χ3n) is 2.43. The highest BCUT2D eigenvalue weighted by Gasteiger charge is 2.12. The largest absolute Gasteiger partial charge is 0.298 e. The molecule has 0 bridgehead atoms. The molecule has 2 aromatic rings. The third-order valence-corrected chi connectivity index (χ3v) is 3.66. The highest BCUT2D eigenvalue weighted by Crippen LogP contribution is 2.21. The number of hydrogen-bond acceptors (Lipinski definition) is 5. The first-order valence-corrected chi connectivity index (χ1v) is 7.25. The molecule has 2 heterocycles. The van der Waals surface area contributed by atoms with Gasteiger partial charge in [-0.1, -0.05) is 18.5 Å². The van der Waals surface area contributed by atoms with Crippen molar-refractivity contribution in [2.75, 3.05) is 5.32 Å². The lowest BCUT2D eigenvalue weighted by Gasteiger charge is -1.99. The second-order valence-electron chi connectivity index (χ2n) is 4.11. The topological polar surface area (TPSA) is 76.9 Å². The summed E-state index contributed by atoms with van der Waals surface area (Å²) >= 11 is 6.94. The monoisotopic (exact) mass is 312 g/mol. The Hall–Kier alpha value is -1.73. The molecule has 20 heavy (non-hydrogen) atoms. The fourth-order valence-electron chi connectivity index (χ4n) is 1.57. The maximum absolute atomic E-state index is 11.8. The number of ketones is 1. The van der Waals surface area contributed by atoms with Crippen LogP contribution in [0.4, 0.5) is 5.95 Å². The standard InChI is InChI=1S/C12H13ClN4O2S/c1-2-3-8(18)6-17-7-14-12(16-17)15-11(19)9-4-5-10(13)20-9/h4-5,7H,2-3,6H2,1H3,(H,15,16,19). The Morgan fingerprint density at radius 2 is 2.25 bits per heavy atom. The number of anilines is 1. The van der Waals surface area contributed by atoms with E-state index in [9.17, 15) is 9.59 Å². The lowest BCUT2D eigenvalue weighted by molar-refractivity contribution is -0.119. The summed E-state index contributed by atoms with van der Waals surface area (Å²) in [5, 5.41) is 6.58. The minimum Gasteiger partial charge on any atom is -0.298 e. The smallest absolute Gasteiger partial charge is 0.268 e. The number of halogens is 1. The van der Waals surface area contributed by atoms with Crippen molar-refractivity contribution in [1.82, 2.24) is 14.8 Å². The molecule has 0 saturated carbocycles. The molecule has 0 aromatic carbocycles. The van der Waals surface area contributed by atoms with Crippen LogP contribution in [0.1, 0.15) is 29.4 Å². The van der Waals surface area contributed by atoms with Gasteiger partial charge in [0.2, 0.25) is 5.95 Å². The van der Waals surface area contributed by atoms with E-state index in [0.717, 1.165) is 6.42 Å². The van der Waals surface area contributed by atoms with Crippen molar-refractivity contribution in [3.05, 3.63) is 27.7 Å². The average Bonchev–Trinajstić information content (AvgIpc) is 2.99. The van der Waals surface area contributed by atoms with E-state index in [-0.39, 0.29) is 24.2 Å². The molecule has 0 aliphatic rings. The zero-order valence-electron chi connectivity index (χ0n) is 10.8. The minimum atomic E-state index is -0.320. The van der Waals surface area contributed by atoms with Gasteiger partial charge in [-0.2, -0.15) is 0 Å². The average molecular weight is 313 g/mol. The number of amides is 1. The van der Waals surface area contributed by atoms with E-state index in [1.165, 1.54) is 22.3 Å². The van der Waals surface area contributed by atoms with Gasteiger partial charge >= 0.3 is 0 Å². The molecule has 8 heteroatoms. The molecule has 0 spiro atoms. The van der Waals surface area contributed by atoms with Crippen molar-refractivity contribution in [1.29, 1.82) is 0 Å². The molecule has 1 amide bonds. The van der Waals surface area contributed by atoms with Gasteiger partial charge in [-0.15, -0.1) is 16.4 Å². The fraction of sp³-hybridized carbons (Fsp3) is 0.333. The maximum atomic E-state index is 11.8. The molecule has 0 aliphatic heterocycles. The van der Waals surface area contributed by atoms with Crippen molar-refractivity contribution >= 4 is 40.6 Å². The second-order valence-corrected chi connectivity index (χ2v) is 5.83. The van der Waals surface area contributed by atoms with Crippen LogP contribution in [-0.4, -0.2) is 26.5 Å². The lowest BCUT2D eigenvalue weighted by atomic mass is 10.2. The number of carbonyl (C=O) groups is 2. The quantitative estimate of drug-likeness (QED) is 0.889. The molecule has 0 radical (unpaired) electrons. The summed E-state index contributed by atoms with van der Waals surface area (Å²) in [6.07, 6.45) is 2.73. The van der Waals surface area contributed by atoms with Crippen LogP contribution >= 0.6 is 22.9 Å². The Kier molecular flexibility index (Phi) is 4.86. The summed E-state index contributed by atoms with van der Waals surface area (Å²) in [5.74, 6) is -0.0660. The van der Waals surface area contributed by atoms with Crippen LogP contribution in [0, 0.1) is 0 Å². The Morgan fingerprint density at radius 1 is 1.45 bits per heavy atom. The van der Waals surface area contributed by atoms with Gasteiger partial charge in [-0.25, -0.2) is 9.67 Å². The molecular formula is C12H13ClN4O2S. The number of thiophene rings is 1. The van der Waals surface area contributed by atoms with Crippen LogP contribution in [0.3, 0.4) is 0 Å². The zero-order valence-corrected chi connectivity index (χ0v) is 12.4. The Balaban J connectivity index is 1.95. The van der Waals surface area contributed by atoms with E-state index in [2.05, 4.69) is 15.4 Å². The predicted molar refractivity (Wildman–Crippen MR) is 77.2 cm³/mol. The fourth-order valence-corrected chi connectivity index (χ4v) is 2.50. The van der Waals surface area contributed by atoms with Gasteiger partial charge in [-0.3, -0.25) is 14.9 Å². The number of Topliss-reactive ketones (excluding diaryl/α,β-unsaturated/α-hetero) is 1. The summed E-state index contributed by atoms with van der Waals surface area (Å²) in [6, 6.07) is 3.28. The molecule has 106 valence electrons. The van der Waals surface area contributed by atoms with E-state index in [1.54, 1.807) is 12.1 Å². The van der Waals surface area contributed by atoms with Crippen molar-refractivity contribution in [3.63, 3.8) is 0 Å². The lowest BCUT2D eigenvalue weighted by Crippen LogP contribution is -2.13. The highest BCUT2D eigenvalue weighted by atomic mass is 35.5. The number of rotatable bonds is 6. The third kappa shape index (κ3) is 3.88. The van der Waals surface area contributed by atoms with Crippen molar-refractivity contribution in [3.8, 4) is 0 Å². The Labute approximate surface area is 124 Å². The van der Waals surface area contributed by atoms with Crippen molar-refractivity contribution < 1.29 is 9.59 Å². The number of nitrogens with one attached hydrogen (secondary N) is 1. The van der Waals surface area contributed by atoms with E-state index < -0.39 is 0 Å². The molecule has 6 nitrogen and oxygen atoms in total. The van der Waals surface area contributed by atoms with Gasteiger partial charge in [0.15, 0.2) is 5.78 Å². The SMILES string of the molecule is CCCC(=O)Cn1cnc(NC(=O)c2ccc(Cl)s2)n1. The van der Waals surface area contributed by atoms with Crippen LogP contribution in [0.15, 0.2) is 18.5 Å². The van der Waals surface area contributed by atoms with Gasteiger partial charge in [0.05, 0.1) is 9.21 Å². The second kappa shape index (κ2) is 6.62. The molecule has 0 aliphatic carbocycles. The van der Waals surface area contributed by atoms with E-state index >= 15 is 0 Å². The molecule has 0 fully saturated rings. The van der Waals surface area contributed by atoms with Gasteiger partial charge in [0.1, 0.15) is 12.9 Å². The number of aromatic nitrogens is 3. The van der Waals surface area contributed by atoms with E-state index in [4.69, 9.17) is 11.6 Å². The van der Waals surface area contributed by atoms with Crippen LogP contribution in [-0.2, 0) is 11.3 Å². The number of nitrogens with zero attached hydrogens (tertiary/aromatic N) is 3. The molecule has 0 atom stereocenters. The Morgan fingerprint density at radius 3 is 2.90 bits per heavy atom. The van der Waals surface area contributed by atoms with Crippen LogP contribution in [0.5, 0.6) is 0 Å². The van der Waals surface area contributed by atoms with Gasteiger partial charge in [0.25, 0.3) is 5.91 Å². The summed E-state index contributed by atoms with van der Waals surface area (Å²) in [5.41, 5.74) is 0. The first-order chi connectivity index (χ1) is 9.58. The number of carbonyl (C=O) groups excluding carboxylic acids is 2. The van der Waals surface area contributed by atoms with Crippen LogP contribution < -0.4 is 5.32 Å². The Bertz CT molecular complexity index is 623. The van der Waals surface area contributed by atoms with Crippen LogP contribution in [0.2, 0.25) is 4.34 Å². The maximum Gasteiger partial charge on any atom is 0.268 e. The molecule has 2 rings (SSSR count). The van der Waals surface area contributed by atoms with E-state index in [0.29, 0.717) is 15.6 Å². The summed E-state index contributed by atoms with van der Waals surface area (Å²) in [4.78, 5) is 27.7. The normalized spacial score (nSPS) is 10.5. The zero-order chi connectivity index (χ0) is 14.5. The van der Waals surface area contributed by atoms with Crippen molar-refractivity contribution in [2.45, 2.75) is 26.3 Å². The predicted octanol–water partition coefficient (Wildman–Crippen LogP) is 2.61. The number of hydrogen-bond donors (Lipinski definition) is 1. The minimum absolute atomic E-state index is 0.0836. The van der Waals surface area contributed by atoms with E-state index in [1.807, 2.05) is 6.92 Å². The van der Waals surface area contributed by atoms with Gasteiger partial charge in [0, 0.05) is 6.42 Å². The summed E-state index contributed by atoms with van der Waals surface area (Å²) in [6.45, 7) is 2.11. The summed E-state index contributed by atoms with van der Waals surface area (Å²) in [7, 11) is 0. The molecular weight excluding hydrogens is 300 g/mol. The first-order valence-electron chi connectivity index (χ1n) is 6.06. The molecule has 2 aromatic heterocycles. The van der Waals surface area contributed by atoms with Gasteiger partial charge in [-0.05, 0) is 18.6 Å². The summed E-state index contributed by atoms with van der Waals surface area (Å²) < 4.78 is 1.95. The first kappa shape index (κ1) is 14.7. The van der Waals surface area contributed by atoms with Crippen molar-refractivity contribution in [2.24, 2.45) is 0 Å². The molecule has 0 unspecified atom stereocenters. The van der Waals surface area contributed by atoms with Gasteiger partial charge < -0.3 is 0 Å². The van der Waals surface area contributed by atoms with Crippen LogP contribution in [0.25, 0.3) is 0 Å². The molecule has 0 saturated heterocycles.